The van der Waals surface area contributed by atoms with E-state index in [1.165, 1.54) is 5.56 Å². The molecule has 0 spiro atoms. The first-order chi connectivity index (χ1) is 8.17. The third-order valence-electron chi connectivity index (χ3n) is 2.41. The molecule has 0 radical (unpaired) electrons. The fraction of sp³-hybridized carbons (Fsp3) is 0.538. The molecule has 0 aromatic heterocycles. The van der Waals surface area contributed by atoms with E-state index in [1.807, 2.05) is 31.2 Å². The lowest BCUT2D eigenvalue weighted by Crippen LogP contribution is -2.37. The van der Waals surface area contributed by atoms with Crippen molar-refractivity contribution in [3.63, 3.8) is 0 Å². The molecule has 4 nitrogen and oxygen atoms in total. The second-order valence-electron chi connectivity index (χ2n) is 4.23. The first kappa shape index (κ1) is 14.0. The number of hydrogen-bond donors (Lipinski definition) is 2. The lowest BCUT2D eigenvalue weighted by Gasteiger charge is -2.22. The fourth-order valence-electron chi connectivity index (χ4n) is 1.59. The van der Waals surface area contributed by atoms with Gasteiger partial charge >= 0.3 is 0 Å². The third kappa shape index (κ3) is 4.73. The van der Waals surface area contributed by atoms with Crippen molar-refractivity contribution in [2.75, 3.05) is 27.2 Å². The number of nitrogens with zero attached hydrogens (tertiary/aromatic N) is 1. The van der Waals surface area contributed by atoms with Gasteiger partial charge in [0.05, 0.1) is 12.6 Å². The average Bonchev–Trinajstić information content (AvgIpc) is 2.34. The maximum Gasteiger partial charge on any atom is 0.119 e. The Balaban J connectivity index is 2.64. The Kier molecular flexibility index (Phi) is 5.97. The summed E-state index contributed by atoms with van der Waals surface area (Å²) >= 11 is 0. The Labute approximate surface area is 104 Å². The van der Waals surface area contributed by atoms with Crippen molar-refractivity contribution in [2.24, 2.45) is 5.73 Å². The second-order valence-corrected chi connectivity index (χ2v) is 4.23. The summed E-state index contributed by atoms with van der Waals surface area (Å²) < 4.78 is 5.54. The Bertz CT molecular complexity index is 311. The van der Waals surface area contributed by atoms with Gasteiger partial charge < -0.3 is 10.5 Å². The zero-order valence-electron chi connectivity index (χ0n) is 10.9. The summed E-state index contributed by atoms with van der Waals surface area (Å²) in [5.74, 6) is 0.913. The van der Waals surface area contributed by atoms with Gasteiger partial charge in [0.25, 0.3) is 0 Å². The lowest BCUT2D eigenvalue weighted by atomic mass is 10.1. The molecule has 0 heterocycles. The molecule has 96 valence electrons. The Morgan fingerprint density at radius 3 is 2.41 bits per heavy atom. The van der Waals surface area contributed by atoms with Crippen molar-refractivity contribution in [1.29, 1.82) is 0 Å². The minimum atomic E-state index is 0.144. The van der Waals surface area contributed by atoms with Crippen LogP contribution in [0.25, 0.3) is 0 Å². The zero-order chi connectivity index (χ0) is 12.7. The van der Waals surface area contributed by atoms with E-state index in [0.29, 0.717) is 6.54 Å². The van der Waals surface area contributed by atoms with Crippen LogP contribution >= 0.6 is 0 Å². The van der Waals surface area contributed by atoms with Crippen molar-refractivity contribution in [3.05, 3.63) is 29.8 Å². The molecule has 1 unspecified atom stereocenters. The molecule has 1 aromatic rings. The van der Waals surface area contributed by atoms with E-state index in [4.69, 9.17) is 10.5 Å². The molecule has 0 aliphatic rings. The standard InChI is InChI=1S/C13H23N3O/c1-4-9-17-12-7-5-11(6-8-12)13(10-14)15-16(2)3/h5-8,13,15H,4,9-10,14H2,1-3H3. The maximum atomic E-state index is 5.75. The van der Waals surface area contributed by atoms with Crippen LogP contribution in [0.15, 0.2) is 24.3 Å². The fourth-order valence-corrected chi connectivity index (χ4v) is 1.59. The molecule has 0 amide bonds. The van der Waals surface area contributed by atoms with Crippen LogP contribution in [0, 0.1) is 0 Å². The Morgan fingerprint density at radius 1 is 1.29 bits per heavy atom. The van der Waals surface area contributed by atoms with E-state index in [-0.39, 0.29) is 6.04 Å². The first-order valence-electron chi connectivity index (χ1n) is 6.03. The molecule has 1 aromatic carbocycles. The minimum Gasteiger partial charge on any atom is -0.494 e. The average molecular weight is 237 g/mol. The highest BCUT2D eigenvalue weighted by Gasteiger charge is 2.09. The number of nitrogens with one attached hydrogen (secondary N) is 1. The van der Waals surface area contributed by atoms with Crippen molar-refractivity contribution in [1.82, 2.24) is 10.4 Å². The van der Waals surface area contributed by atoms with Crippen LogP contribution in [0.4, 0.5) is 0 Å². The molecule has 0 aliphatic heterocycles. The summed E-state index contributed by atoms with van der Waals surface area (Å²) in [4.78, 5) is 0. The van der Waals surface area contributed by atoms with Crippen LogP contribution in [0.1, 0.15) is 24.9 Å². The molecule has 0 saturated carbocycles. The smallest absolute Gasteiger partial charge is 0.119 e. The molecule has 0 fully saturated rings. The molecule has 0 saturated heterocycles. The molecular weight excluding hydrogens is 214 g/mol. The van der Waals surface area contributed by atoms with Crippen LogP contribution in [0.3, 0.4) is 0 Å². The largest absolute Gasteiger partial charge is 0.494 e. The van der Waals surface area contributed by atoms with Gasteiger partial charge in [-0.2, -0.15) is 0 Å². The molecule has 1 atom stereocenters. The monoisotopic (exact) mass is 237 g/mol. The molecule has 3 N–H and O–H groups in total. The number of nitrogens with two attached hydrogens (primary N) is 1. The molecule has 0 bridgehead atoms. The summed E-state index contributed by atoms with van der Waals surface area (Å²) in [6.45, 7) is 3.42. The van der Waals surface area contributed by atoms with Crippen LogP contribution in [-0.2, 0) is 0 Å². The highest BCUT2D eigenvalue weighted by Crippen LogP contribution is 2.17. The van der Waals surface area contributed by atoms with Crippen LogP contribution in [-0.4, -0.2) is 32.3 Å². The van der Waals surface area contributed by atoms with Crippen LogP contribution < -0.4 is 15.9 Å². The molecule has 4 heteroatoms. The van der Waals surface area contributed by atoms with Crippen molar-refractivity contribution in [3.8, 4) is 5.75 Å². The third-order valence-corrected chi connectivity index (χ3v) is 2.41. The highest BCUT2D eigenvalue weighted by atomic mass is 16.5. The van der Waals surface area contributed by atoms with Crippen LogP contribution in [0.2, 0.25) is 0 Å². The topological polar surface area (TPSA) is 50.5 Å². The predicted octanol–water partition coefficient (Wildman–Crippen LogP) is 1.54. The summed E-state index contributed by atoms with van der Waals surface area (Å²) in [5.41, 5.74) is 10.2. The van der Waals surface area contributed by atoms with Crippen LogP contribution in [0.5, 0.6) is 5.75 Å². The summed E-state index contributed by atoms with van der Waals surface area (Å²) in [6.07, 6.45) is 1.02. The quantitative estimate of drug-likeness (QED) is 0.706. The van der Waals surface area contributed by atoms with Gasteiger partial charge in [0, 0.05) is 20.6 Å². The second kappa shape index (κ2) is 7.27. The summed E-state index contributed by atoms with van der Waals surface area (Å²) in [7, 11) is 3.92. The van der Waals surface area contributed by atoms with Gasteiger partial charge in [-0.3, -0.25) is 0 Å². The zero-order valence-corrected chi connectivity index (χ0v) is 10.9. The van der Waals surface area contributed by atoms with E-state index >= 15 is 0 Å². The highest BCUT2D eigenvalue weighted by molar-refractivity contribution is 5.29. The van der Waals surface area contributed by atoms with Gasteiger partial charge in [0.1, 0.15) is 5.75 Å². The van der Waals surface area contributed by atoms with Gasteiger partial charge in [-0.15, -0.1) is 0 Å². The predicted molar refractivity (Wildman–Crippen MR) is 70.8 cm³/mol. The minimum absolute atomic E-state index is 0.144. The van der Waals surface area contributed by atoms with Crippen molar-refractivity contribution >= 4 is 0 Å². The normalized spacial score (nSPS) is 12.8. The first-order valence-corrected chi connectivity index (χ1v) is 6.03. The number of hydrogen-bond acceptors (Lipinski definition) is 4. The van der Waals surface area contributed by atoms with Crippen molar-refractivity contribution < 1.29 is 4.74 Å². The Hall–Kier alpha value is -1.10. The van der Waals surface area contributed by atoms with E-state index < -0.39 is 0 Å². The van der Waals surface area contributed by atoms with Gasteiger partial charge in [-0.25, -0.2) is 10.4 Å². The Morgan fingerprint density at radius 2 is 1.94 bits per heavy atom. The van der Waals surface area contributed by atoms with Gasteiger partial charge in [0.15, 0.2) is 0 Å². The summed E-state index contributed by atoms with van der Waals surface area (Å²) in [5, 5.41) is 1.92. The number of benzene rings is 1. The SMILES string of the molecule is CCCOc1ccc(C(CN)NN(C)C)cc1. The number of hydrazine groups is 1. The molecule has 1 rings (SSSR count). The van der Waals surface area contributed by atoms with E-state index in [9.17, 15) is 0 Å². The lowest BCUT2D eigenvalue weighted by molar-refractivity contribution is 0.245. The van der Waals surface area contributed by atoms with Crippen molar-refractivity contribution in [2.45, 2.75) is 19.4 Å². The molecular formula is C13H23N3O. The maximum absolute atomic E-state index is 5.75. The van der Waals surface area contributed by atoms with Gasteiger partial charge in [-0.1, -0.05) is 19.1 Å². The van der Waals surface area contributed by atoms with Gasteiger partial charge in [-0.05, 0) is 24.1 Å². The van der Waals surface area contributed by atoms with E-state index in [1.54, 1.807) is 0 Å². The van der Waals surface area contributed by atoms with E-state index in [0.717, 1.165) is 18.8 Å². The summed E-state index contributed by atoms with van der Waals surface area (Å²) in [6, 6.07) is 8.24. The molecule has 17 heavy (non-hydrogen) atoms. The van der Waals surface area contributed by atoms with E-state index in [2.05, 4.69) is 24.5 Å². The number of ether oxygens (including phenoxy) is 1. The number of rotatable bonds is 7. The van der Waals surface area contributed by atoms with Gasteiger partial charge in [0.2, 0.25) is 0 Å². The molecule has 0 aliphatic carbocycles.